The van der Waals surface area contributed by atoms with E-state index in [2.05, 4.69) is 25.8 Å². The second kappa shape index (κ2) is 5.23. The molecule has 0 unspecified atom stereocenters. The molecule has 2 rings (SSSR count). The number of halogens is 2. The fourth-order valence-electron chi connectivity index (χ4n) is 1.87. The summed E-state index contributed by atoms with van der Waals surface area (Å²) < 4.78 is 0.890. The van der Waals surface area contributed by atoms with Gasteiger partial charge in [0, 0.05) is 39.3 Å². The van der Waals surface area contributed by atoms with Crippen molar-refractivity contribution in [1.82, 2.24) is 9.88 Å². The monoisotopic (exact) mass is 317 g/mol. The molecule has 0 N–H and O–H groups in total. The Balaban J connectivity index is 2.08. The van der Waals surface area contributed by atoms with Crippen LogP contribution in [0.2, 0.25) is 5.02 Å². The lowest BCUT2D eigenvalue weighted by Gasteiger charge is -2.35. The number of hydrogen-bond acceptors (Lipinski definition) is 3. The lowest BCUT2D eigenvalue weighted by atomic mass is 10.3. The molecule has 4 nitrogen and oxygen atoms in total. The fourth-order valence-corrected chi connectivity index (χ4v) is 2.76. The summed E-state index contributed by atoms with van der Waals surface area (Å²) in [6, 6.07) is 1.83. The molecule has 0 spiro atoms. The van der Waals surface area contributed by atoms with Gasteiger partial charge in [-0.05, 0) is 22.0 Å². The number of hydrogen-bond donors (Lipinski definition) is 0. The Hall–Kier alpha value is -0.810. The number of pyridine rings is 1. The van der Waals surface area contributed by atoms with Crippen LogP contribution in [0.25, 0.3) is 0 Å². The Labute approximate surface area is 114 Å². The maximum absolute atomic E-state index is 11.2. The highest BCUT2D eigenvalue weighted by molar-refractivity contribution is 9.10. The molecular formula is C11H13BrClN3O. The first kappa shape index (κ1) is 12.6. The van der Waals surface area contributed by atoms with E-state index in [1.807, 2.05) is 11.0 Å². The Morgan fingerprint density at radius 3 is 2.59 bits per heavy atom. The summed E-state index contributed by atoms with van der Waals surface area (Å²) in [7, 11) is 0. The maximum Gasteiger partial charge on any atom is 0.219 e. The maximum atomic E-state index is 11.2. The topological polar surface area (TPSA) is 36.4 Å². The van der Waals surface area contributed by atoms with Gasteiger partial charge < -0.3 is 9.80 Å². The number of rotatable bonds is 1. The van der Waals surface area contributed by atoms with Crippen LogP contribution in [0, 0.1) is 0 Å². The van der Waals surface area contributed by atoms with Crippen molar-refractivity contribution in [3.05, 3.63) is 21.8 Å². The van der Waals surface area contributed by atoms with Crippen molar-refractivity contribution in [3.8, 4) is 0 Å². The molecule has 0 aromatic carbocycles. The molecule has 1 aromatic rings. The second-order valence-electron chi connectivity index (χ2n) is 3.95. The normalized spacial score (nSPS) is 16.2. The Kier molecular flexibility index (Phi) is 3.89. The van der Waals surface area contributed by atoms with Crippen LogP contribution in [-0.4, -0.2) is 42.0 Å². The van der Waals surface area contributed by atoms with Crippen LogP contribution in [0.3, 0.4) is 0 Å². The zero-order valence-corrected chi connectivity index (χ0v) is 11.8. The van der Waals surface area contributed by atoms with E-state index in [0.717, 1.165) is 36.5 Å². The first-order valence-electron chi connectivity index (χ1n) is 5.39. The Bertz CT molecular complexity index is 433. The van der Waals surface area contributed by atoms with Gasteiger partial charge in [-0.3, -0.25) is 4.79 Å². The summed E-state index contributed by atoms with van der Waals surface area (Å²) in [6.45, 7) is 4.68. The third-order valence-corrected chi connectivity index (χ3v) is 3.60. The number of nitrogens with zero attached hydrogens (tertiary/aromatic N) is 3. The third-order valence-electron chi connectivity index (χ3n) is 2.81. The van der Waals surface area contributed by atoms with Crippen molar-refractivity contribution in [3.63, 3.8) is 0 Å². The largest absolute Gasteiger partial charge is 0.352 e. The molecule has 1 fully saturated rings. The first-order chi connectivity index (χ1) is 8.08. The highest BCUT2D eigenvalue weighted by atomic mass is 79.9. The summed E-state index contributed by atoms with van der Waals surface area (Å²) >= 11 is 9.31. The number of anilines is 1. The molecule has 1 aliphatic rings. The minimum atomic E-state index is 0.132. The second-order valence-corrected chi connectivity index (χ2v) is 5.24. The number of amides is 1. The van der Waals surface area contributed by atoms with E-state index >= 15 is 0 Å². The van der Waals surface area contributed by atoms with E-state index in [4.69, 9.17) is 11.6 Å². The predicted molar refractivity (Wildman–Crippen MR) is 71.4 cm³/mol. The minimum absolute atomic E-state index is 0.132. The number of carbonyl (C=O) groups excluding carboxylic acids is 1. The lowest BCUT2D eigenvalue weighted by Crippen LogP contribution is -2.48. The molecule has 0 atom stereocenters. The van der Waals surface area contributed by atoms with Crippen LogP contribution in [0.1, 0.15) is 6.92 Å². The van der Waals surface area contributed by atoms with E-state index < -0.39 is 0 Å². The van der Waals surface area contributed by atoms with Crippen molar-refractivity contribution >= 4 is 39.3 Å². The van der Waals surface area contributed by atoms with Gasteiger partial charge in [0.1, 0.15) is 5.82 Å². The molecule has 0 radical (unpaired) electrons. The SMILES string of the molecule is CC(=O)N1CCN(c2ncc(Cl)cc2Br)CC1. The van der Waals surface area contributed by atoms with Gasteiger partial charge in [0.2, 0.25) is 5.91 Å². The van der Waals surface area contributed by atoms with Gasteiger partial charge in [0.25, 0.3) is 0 Å². The molecule has 1 saturated heterocycles. The van der Waals surface area contributed by atoms with Crippen LogP contribution in [0.5, 0.6) is 0 Å². The molecule has 6 heteroatoms. The molecule has 0 saturated carbocycles. The van der Waals surface area contributed by atoms with Gasteiger partial charge in [-0.25, -0.2) is 4.98 Å². The van der Waals surface area contributed by atoms with Gasteiger partial charge in [0.15, 0.2) is 0 Å². The van der Waals surface area contributed by atoms with Crippen LogP contribution in [0.15, 0.2) is 16.7 Å². The summed E-state index contributed by atoms with van der Waals surface area (Å²) in [4.78, 5) is 19.5. The average Bonchev–Trinajstić information content (AvgIpc) is 2.29. The quantitative estimate of drug-likeness (QED) is 0.796. The highest BCUT2D eigenvalue weighted by Gasteiger charge is 2.20. The van der Waals surface area contributed by atoms with Crippen molar-refractivity contribution < 1.29 is 4.79 Å². The van der Waals surface area contributed by atoms with Gasteiger partial charge in [-0.15, -0.1) is 0 Å². The third kappa shape index (κ3) is 2.90. The van der Waals surface area contributed by atoms with Crippen molar-refractivity contribution in [2.24, 2.45) is 0 Å². The fraction of sp³-hybridized carbons (Fsp3) is 0.455. The minimum Gasteiger partial charge on any atom is -0.352 e. The summed E-state index contributed by atoms with van der Waals surface area (Å²) in [5, 5.41) is 0.614. The molecule has 2 heterocycles. The van der Waals surface area contributed by atoms with E-state index in [-0.39, 0.29) is 5.91 Å². The van der Waals surface area contributed by atoms with Gasteiger partial charge in [-0.2, -0.15) is 0 Å². The summed E-state index contributed by atoms with van der Waals surface area (Å²) in [5.41, 5.74) is 0. The standard InChI is InChI=1S/C11H13BrClN3O/c1-8(17)15-2-4-16(5-3-15)11-10(12)6-9(13)7-14-11/h6-7H,2-5H2,1H3. The van der Waals surface area contributed by atoms with Crippen LogP contribution >= 0.6 is 27.5 Å². The molecule has 1 aliphatic heterocycles. The van der Waals surface area contributed by atoms with E-state index in [1.165, 1.54) is 0 Å². The Morgan fingerprint density at radius 2 is 2.06 bits per heavy atom. The van der Waals surface area contributed by atoms with Crippen molar-refractivity contribution in [1.29, 1.82) is 0 Å². The summed E-state index contributed by atoms with van der Waals surface area (Å²) in [5.74, 6) is 1.02. The summed E-state index contributed by atoms with van der Waals surface area (Å²) in [6.07, 6.45) is 1.64. The zero-order chi connectivity index (χ0) is 12.4. The molecule has 0 aliphatic carbocycles. The van der Waals surface area contributed by atoms with E-state index in [9.17, 15) is 4.79 Å². The Morgan fingerprint density at radius 1 is 1.41 bits per heavy atom. The highest BCUT2D eigenvalue weighted by Crippen LogP contribution is 2.27. The number of carbonyl (C=O) groups is 1. The van der Waals surface area contributed by atoms with Crippen LogP contribution in [-0.2, 0) is 4.79 Å². The number of aromatic nitrogens is 1. The molecule has 17 heavy (non-hydrogen) atoms. The molecule has 92 valence electrons. The van der Waals surface area contributed by atoms with Gasteiger partial charge in [0.05, 0.1) is 9.50 Å². The smallest absolute Gasteiger partial charge is 0.219 e. The van der Waals surface area contributed by atoms with Crippen molar-refractivity contribution in [2.75, 3.05) is 31.1 Å². The molecule has 1 aromatic heterocycles. The molecule has 1 amide bonds. The van der Waals surface area contributed by atoms with Gasteiger partial charge >= 0.3 is 0 Å². The zero-order valence-electron chi connectivity index (χ0n) is 9.49. The van der Waals surface area contributed by atoms with Crippen molar-refractivity contribution in [2.45, 2.75) is 6.92 Å². The number of piperazine rings is 1. The predicted octanol–water partition coefficient (Wildman–Crippen LogP) is 2.17. The lowest BCUT2D eigenvalue weighted by molar-refractivity contribution is -0.129. The van der Waals surface area contributed by atoms with Gasteiger partial charge in [-0.1, -0.05) is 11.6 Å². The van der Waals surface area contributed by atoms with E-state index in [0.29, 0.717) is 5.02 Å². The van der Waals surface area contributed by atoms with E-state index in [1.54, 1.807) is 13.1 Å². The van der Waals surface area contributed by atoms with Crippen LogP contribution in [0.4, 0.5) is 5.82 Å². The van der Waals surface area contributed by atoms with Crippen LogP contribution < -0.4 is 4.90 Å². The average molecular weight is 319 g/mol. The first-order valence-corrected chi connectivity index (χ1v) is 6.56. The molecular weight excluding hydrogens is 305 g/mol. The molecule has 0 bridgehead atoms.